The number of hydrogen-bond acceptors (Lipinski definition) is 8. The highest BCUT2D eigenvalue weighted by atomic mass is 19.4. The van der Waals surface area contributed by atoms with E-state index in [1.54, 1.807) is 37.3 Å². The van der Waals surface area contributed by atoms with E-state index in [1.807, 2.05) is 5.32 Å². The van der Waals surface area contributed by atoms with Crippen molar-refractivity contribution < 1.29 is 37.0 Å². The summed E-state index contributed by atoms with van der Waals surface area (Å²) in [6.45, 7) is 3.25. The minimum absolute atomic E-state index is 0.0559. The van der Waals surface area contributed by atoms with E-state index in [1.165, 1.54) is 17.8 Å². The number of ether oxygens (including phenoxy) is 2. The van der Waals surface area contributed by atoms with Gasteiger partial charge < -0.3 is 20.1 Å². The predicted octanol–water partition coefficient (Wildman–Crippen LogP) is 2.57. The van der Waals surface area contributed by atoms with Gasteiger partial charge in [-0.25, -0.2) is 15.0 Å². The fraction of sp³-hybridized carbons (Fsp3) is 0.364. The smallest absolute Gasteiger partial charge is 0.435 e. The van der Waals surface area contributed by atoms with Crippen molar-refractivity contribution in [3.05, 3.63) is 48.5 Å². The maximum absolute atomic E-state index is 13.1. The van der Waals surface area contributed by atoms with Gasteiger partial charge in [0, 0.05) is 17.9 Å². The van der Waals surface area contributed by atoms with Crippen LogP contribution in [0.15, 0.2) is 43.0 Å². The lowest BCUT2D eigenvalue weighted by Gasteiger charge is -2.30. The molecule has 4 atom stereocenters. The molecule has 1 fully saturated rings. The molecule has 190 valence electrons. The van der Waals surface area contributed by atoms with E-state index < -0.39 is 42.0 Å². The third kappa shape index (κ3) is 4.46. The van der Waals surface area contributed by atoms with Gasteiger partial charge in [-0.15, -0.1) is 0 Å². The van der Waals surface area contributed by atoms with Crippen molar-refractivity contribution in [2.45, 2.75) is 44.5 Å². The summed E-state index contributed by atoms with van der Waals surface area (Å²) < 4.78 is 51.6. The highest BCUT2D eigenvalue weighted by Crippen LogP contribution is 2.45. The molecule has 0 spiro atoms. The number of hydrogen-bond donors (Lipinski definition) is 2. The van der Waals surface area contributed by atoms with Crippen LogP contribution in [-0.2, 0) is 19.1 Å². The zero-order chi connectivity index (χ0) is 26.1. The number of benzene rings is 1. The molecule has 0 bridgehead atoms. The number of fused-ring (bicyclic) bond motifs is 1. The number of alkyl halides is 3. The van der Waals surface area contributed by atoms with Crippen LogP contribution in [0.2, 0.25) is 0 Å². The summed E-state index contributed by atoms with van der Waals surface area (Å²) >= 11 is 0. The average molecular weight is 506 g/mol. The third-order valence-electron chi connectivity index (χ3n) is 6.06. The van der Waals surface area contributed by atoms with Crippen molar-refractivity contribution in [3.63, 3.8) is 0 Å². The topological polar surface area (TPSA) is 137 Å². The van der Waals surface area contributed by atoms with Crippen LogP contribution in [0.3, 0.4) is 0 Å². The summed E-state index contributed by atoms with van der Waals surface area (Å²) in [5, 5.41) is 4.57. The first-order chi connectivity index (χ1) is 17.1. The zero-order valence-electron chi connectivity index (χ0n) is 19.0. The molecule has 0 aliphatic carbocycles. The van der Waals surface area contributed by atoms with Crippen LogP contribution in [0.25, 0.3) is 11.2 Å². The van der Waals surface area contributed by atoms with Gasteiger partial charge in [0.25, 0.3) is 12.4 Å². The lowest BCUT2D eigenvalue weighted by Crippen LogP contribution is -2.49. The Labute approximate surface area is 202 Å². The second-order valence-corrected chi connectivity index (χ2v) is 8.04. The van der Waals surface area contributed by atoms with Crippen LogP contribution in [0.1, 0.15) is 36.9 Å². The Kier molecular flexibility index (Phi) is 6.63. The Hall–Kier alpha value is -4.07. The average Bonchev–Trinajstić information content (AvgIpc) is 3.40. The van der Waals surface area contributed by atoms with Crippen LogP contribution in [0.5, 0.6) is 0 Å². The van der Waals surface area contributed by atoms with E-state index in [2.05, 4.69) is 20.3 Å². The van der Waals surface area contributed by atoms with Gasteiger partial charge in [-0.2, -0.15) is 13.2 Å². The molecule has 1 unspecified atom stereocenters. The van der Waals surface area contributed by atoms with Crippen LogP contribution < -0.4 is 10.6 Å². The van der Waals surface area contributed by atoms with Crippen molar-refractivity contribution in [2.24, 2.45) is 5.92 Å². The normalized spacial score (nSPS) is 23.9. The minimum Gasteiger partial charge on any atom is -0.435 e. The molecular weight excluding hydrogens is 485 g/mol. The van der Waals surface area contributed by atoms with E-state index in [9.17, 15) is 27.6 Å². The Bertz CT molecular complexity index is 1280. The Morgan fingerprint density at radius 1 is 1.22 bits per heavy atom. The van der Waals surface area contributed by atoms with Gasteiger partial charge in [0.05, 0.1) is 12.4 Å². The molecule has 3 heterocycles. The van der Waals surface area contributed by atoms with Crippen molar-refractivity contribution >= 4 is 35.3 Å². The van der Waals surface area contributed by atoms with Crippen LogP contribution in [0, 0.1) is 5.92 Å². The Morgan fingerprint density at radius 2 is 1.94 bits per heavy atom. The number of aromatic nitrogens is 4. The van der Waals surface area contributed by atoms with Crippen molar-refractivity contribution in [2.75, 3.05) is 5.32 Å². The van der Waals surface area contributed by atoms with Crippen molar-refractivity contribution in [3.8, 4) is 0 Å². The minimum atomic E-state index is -5.15. The maximum atomic E-state index is 13.1. The molecule has 2 amide bonds. The molecule has 4 rings (SSSR count). The Morgan fingerprint density at radius 3 is 2.58 bits per heavy atom. The number of carbonyl (C=O) groups is 3. The van der Waals surface area contributed by atoms with Gasteiger partial charge in [-0.3, -0.25) is 19.0 Å². The summed E-state index contributed by atoms with van der Waals surface area (Å²) in [6.07, 6.45) is -3.99. The van der Waals surface area contributed by atoms with Gasteiger partial charge >= 0.3 is 12.1 Å². The summed E-state index contributed by atoms with van der Waals surface area (Å²) in [5.74, 6) is -5.10. The summed E-state index contributed by atoms with van der Waals surface area (Å²) in [6, 6.07) is 7.05. The fourth-order valence-corrected chi connectivity index (χ4v) is 4.17. The van der Waals surface area contributed by atoms with Gasteiger partial charge in [0.2, 0.25) is 5.79 Å². The molecule has 0 radical (unpaired) electrons. The molecule has 2 aromatic heterocycles. The van der Waals surface area contributed by atoms with Gasteiger partial charge in [-0.1, -0.05) is 32.0 Å². The number of amides is 2. The number of carbonyl (C=O) groups excluding carboxylic acids is 3. The quantitative estimate of drug-likeness (QED) is 0.467. The second kappa shape index (κ2) is 9.53. The Balaban J connectivity index is 1.73. The molecule has 0 saturated carbocycles. The lowest BCUT2D eigenvalue weighted by atomic mass is 9.92. The van der Waals surface area contributed by atoms with Gasteiger partial charge in [0.15, 0.2) is 23.2 Å². The molecule has 36 heavy (non-hydrogen) atoms. The third-order valence-corrected chi connectivity index (χ3v) is 6.06. The highest BCUT2D eigenvalue weighted by Gasteiger charge is 2.57. The molecule has 1 saturated heterocycles. The fourth-order valence-electron chi connectivity index (χ4n) is 4.17. The number of halogens is 3. The molecule has 1 aromatic carbocycles. The second-order valence-electron chi connectivity index (χ2n) is 8.04. The van der Waals surface area contributed by atoms with E-state index in [-0.39, 0.29) is 29.9 Å². The first-order valence-corrected chi connectivity index (χ1v) is 10.8. The van der Waals surface area contributed by atoms with Gasteiger partial charge in [-0.05, 0) is 12.1 Å². The monoisotopic (exact) mass is 506 g/mol. The molecule has 14 heteroatoms. The SMILES string of the molecule is CC[C@@]1(OC=O)O[C@@H](n2cnc3c(NC(=O)c4ccccc4)ncnc32)[C@@H](NC(=O)C(F)(F)F)C1C. The lowest BCUT2D eigenvalue weighted by molar-refractivity contribution is -0.236. The molecule has 3 aromatic rings. The number of nitrogens with zero attached hydrogens (tertiary/aromatic N) is 4. The van der Waals surface area contributed by atoms with Crippen LogP contribution in [0.4, 0.5) is 19.0 Å². The van der Waals surface area contributed by atoms with Gasteiger partial charge in [0.1, 0.15) is 6.33 Å². The van der Waals surface area contributed by atoms with E-state index in [0.29, 0.717) is 5.56 Å². The van der Waals surface area contributed by atoms with Crippen LogP contribution in [-0.4, -0.2) is 55.8 Å². The number of rotatable bonds is 7. The van der Waals surface area contributed by atoms with Crippen LogP contribution >= 0.6 is 0 Å². The highest BCUT2D eigenvalue weighted by molar-refractivity contribution is 6.06. The largest absolute Gasteiger partial charge is 0.471 e. The summed E-state index contributed by atoms with van der Waals surface area (Å²) in [5.41, 5.74) is 0.601. The summed E-state index contributed by atoms with van der Waals surface area (Å²) in [7, 11) is 0. The van der Waals surface area contributed by atoms with E-state index in [4.69, 9.17) is 9.47 Å². The maximum Gasteiger partial charge on any atom is 0.471 e. The molecule has 11 nitrogen and oxygen atoms in total. The predicted molar refractivity (Wildman–Crippen MR) is 117 cm³/mol. The standard InChI is InChI=1S/C22H21F3N6O5/c1-3-21(35-11-32)12(2)14(29-20(34)22(23,24)25)19(36-21)31-10-28-15-16(26-9-27-17(15)31)30-18(33)13-7-5-4-6-8-13/h4-12,14,19H,3H2,1-2H3,(H,29,34)(H,26,27,30,33)/t12?,14-,19+,21+/m0/s1. The van der Waals surface area contributed by atoms with Crippen molar-refractivity contribution in [1.82, 2.24) is 24.8 Å². The zero-order valence-corrected chi connectivity index (χ0v) is 19.0. The number of nitrogens with one attached hydrogen (secondary N) is 2. The molecule has 2 N–H and O–H groups in total. The first-order valence-electron chi connectivity index (χ1n) is 10.8. The van der Waals surface area contributed by atoms with Crippen molar-refractivity contribution in [1.29, 1.82) is 0 Å². The molecule has 1 aliphatic rings. The van der Waals surface area contributed by atoms with E-state index >= 15 is 0 Å². The molecular formula is C22H21F3N6O5. The molecule has 1 aliphatic heterocycles. The van der Waals surface area contributed by atoms with E-state index in [0.717, 1.165) is 6.33 Å². The number of imidazole rings is 1. The number of anilines is 1. The first kappa shape index (κ1) is 25.0. The summed E-state index contributed by atoms with van der Waals surface area (Å²) in [4.78, 5) is 48.0.